The second-order valence-corrected chi connectivity index (χ2v) is 5.31. The largest absolute Gasteiger partial charge is 0.494 e. The first-order valence-corrected chi connectivity index (χ1v) is 7.78. The van der Waals surface area contributed by atoms with Crippen LogP contribution in [0.15, 0.2) is 42.5 Å². The molecule has 3 rings (SSSR count). The number of hydrogen-bond donors (Lipinski definition) is 1. The summed E-state index contributed by atoms with van der Waals surface area (Å²) >= 11 is 0. The maximum atomic E-state index is 12.8. The van der Waals surface area contributed by atoms with E-state index in [1.54, 1.807) is 30.3 Å². The molecule has 0 atom stereocenters. The average molecular weight is 331 g/mol. The number of carbonyl (C=O) groups is 1. The summed E-state index contributed by atoms with van der Waals surface area (Å²) in [6.45, 7) is 1.43. The summed E-state index contributed by atoms with van der Waals surface area (Å²) in [6.07, 6.45) is 0.892. The second kappa shape index (κ2) is 7.68. The lowest BCUT2D eigenvalue weighted by Gasteiger charge is -2.19. The lowest BCUT2D eigenvalue weighted by molar-refractivity contribution is -0.116. The fraction of sp³-hybridized carbons (Fsp3) is 0.278. The zero-order chi connectivity index (χ0) is 16.8. The van der Waals surface area contributed by atoms with E-state index in [0.29, 0.717) is 55.6 Å². The van der Waals surface area contributed by atoms with Crippen LogP contribution in [-0.2, 0) is 4.79 Å². The zero-order valence-electron chi connectivity index (χ0n) is 13.1. The van der Waals surface area contributed by atoms with Crippen molar-refractivity contribution < 1.29 is 23.4 Å². The summed E-state index contributed by atoms with van der Waals surface area (Å²) in [5.74, 6) is 1.50. The molecule has 1 aliphatic heterocycles. The van der Waals surface area contributed by atoms with Gasteiger partial charge in [-0.2, -0.15) is 0 Å². The molecule has 0 aromatic heterocycles. The van der Waals surface area contributed by atoms with Crippen molar-refractivity contribution in [2.75, 3.05) is 25.1 Å². The first kappa shape index (κ1) is 16.1. The van der Waals surface area contributed by atoms with Gasteiger partial charge in [0.15, 0.2) is 11.5 Å². The molecule has 0 spiro atoms. The summed E-state index contributed by atoms with van der Waals surface area (Å²) in [6, 6.07) is 11.1. The Morgan fingerprint density at radius 2 is 1.83 bits per heavy atom. The molecule has 1 amide bonds. The van der Waals surface area contributed by atoms with Gasteiger partial charge in [-0.1, -0.05) is 0 Å². The van der Waals surface area contributed by atoms with Gasteiger partial charge in [-0.3, -0.25) is 4.79 Å². The highest BCUT2D eigenvalue weighted by Gasteiger charge is 2.12. The van der Waals surface area contributed by atoms with Crippen LogP contribution in [0, 0.1) is 5.82 Å². The van der Waals surface area contributed by atoms with E-state index in [2.05, 4.69) is 5.32 Å². The molecule has 0 bridgehead atoms. The van der Waals surface area contributed by atoms with E-state index in [1.165, 1.54) is 12.1 Å². The van der Waals surface area contributed by atoms with Gasteiger partial charge in [0.1, 0.15) is 24.8 Å². The molecule has 2 aromatic carbocycles. The number of benzene rings is 2. The number of nitrogens with one attached hydrogen (secondary N) is 1. The summed E-state index contributed by atoms with van der Waals surface area (Å²) in [5.41, 5.74) is 0.670. The van der Waals surface area contributed by atoms with Gasteiger partial charge in [-0.15, -0.1) is 0 Å². The molecule has 0 fully saturated rings. The highest BCUT2D eigenvalue weighted by Crippen LogP contribution is 2.32. The molecular weight excluding hydrogens is 313 g/mol. The molecule has 0 saturated heterocycles. The number of rotatable bonds is 6. The Bertz CT molecular complexity index is 703. The number of hydrogen-bond acceptors (Lipinski definition) is 4. The van der Waals surface area contributed by atoms with Gasteiger partial charge in [0, 0.05) is 18.2 Å². The van der Waals surface area contributed by atoms with Crippen molar-refractivity contribution >= 4 is 11.6 Å². The van der Waals surface area contributed by atoms with Crippen molar-refractivity contribution in [2.24, 2.45) is 0 Å². The minimum atomic E-state index is -0.304. The van der Waals surface area contributed by atoms with Crippen LogP contribution in [-0.4, -0.2) is 25.7 Å². The number of fused-ring (bicyclic) bond motifs is 1. The Hall–Kier alpha value is -2.76. The van der Waals surface area contributed by atoms with Gasteiger partial charge in [0.05, 0.1) is 6.61 Å². The Labute approximate surface area is 139 Å². The van der Waals surface area contributed by atoms with Gasteiger partial charge in [0.2, 0.25) is 5.91 Å². The van der Waals surface area contributed by atoms with Gasteiger partial charge in [-0.25, -0.2) is 4.39 Å². The van der Waals surface area contributed by atoms with Gasteiger partial charge >= 0.3 is 0 Å². The van der Waals surface area contributed by atoms with Crippen LogP contribution in [0.3, 0.4) is 0 Å². The maximum absolute atomic E-state index is 12.8. The quantitative estimate of drug-likeness (QED) is 0.824. The van der Waals surface area contributed by atoms with Crippen LogP contribution in [0.5, 0.6) is 17.2 Å². The standard InChI is InChI=1S/C18H18FNO4/c19-13-3-6-15(7-4-13)22-9-1-2-18(21)20-14-5-8-16-17(12-14)24-11-10-23-16/h3-8,12H,1-2,9-11H2,(H,20,21). The topological polar surface area (TPSA) is 56.8 Å². The Kier molecular flexibility index (Phi) is 5.15. The summed E-state index contributed by atoms with van der Waals surface area (Å²) in [7, 11) is 0. The molecule has 0 saturated carbocycles. The number of halogens is 1. The van der Waals surface area contributed by atoms with E-state index in [0.717, 1.165) is 0 Å². The average Bonchev–Trinajstić information content (AvgIpc) is 2.60. The first-order valence-electron chi connectivity index (χ1n) is 7.78. The normalized spacial score (nSPS) is 12.5. The van der Waals surface area contributed by atoms with Crippen LogP contribution < -0.4 is 19.5 Å². The van der Waals surface area contributed by atoms with Crippen molar-refractivity contribution in [3.05, 3.63) is 48.3 Å². The van der Waals surface area contributed by atoms with E-state index < -0.39 is 0 Å². The molecule has 0 unspecified atom stereocenters. The van der Waals surface area contributed by atoms with Crippen molar-refractivity contribution in [1.29, 1.82) is 0 Å². The summed E-state index contributed by atoms with van der Waals surface area (Å²) in [5, 5.41) is 2.82. The van der Waals surface area contributed by atoms with E-state index in [-0.39, 0.29) is 11.7 Å². The van der Waals surface area contributed by atoms with Crippen molar-refractivity contribution in [3.8, 4) is 17.2 Å². The zero-order valence-corrected chi connectivity index (χ0v) is 13.1. The SMILES string of the molecule is O=C(CCCOc1ccc(F)cc1)Nc1ccc2c(c1)OCCO2. The molecule has 1 N–H and O–H groups in total. The number of amides is 1. The van der Waals surface area contributed by atoms with Gasteiger partial charge < -0.3 is 19.5 Å². The van der Waals surface area contributed by atoms with Crippen molar-refractivity contribution in [1.82, 2.24) is 0 Å². The van der Waals surface area contributed by atoms with E-state index in [4.69, 9.17) is 14.2 Å². The van der Waals surface area contributed by atoms with Crippen LogP contribution in [0.2, 0.25) is 0 Å². The number of anilines is 1. The van der Waals surface area contributed by atoms with Gasteiger partial charge in [0.25, 0.3) is 0 Å². The highest BCUT2D eigenvalue weighted by atomic mass is 19.1. The lowest BCUT2D eigenvalue weighted by Crippen LogP contribution is -2.16. The highest BCUT2D eigenvalue weighted by molar-refractivity contribution is 5.91. The second-order valence-electron chi connectivity index (χ2n) is 5.31. The minimum Gasteiger partial charge on any atom is -0.494 e. The molecule has 2 aromatic rings. The third-order valence-corrected chi connectivity index (χ3v) is 3.46. The predicted molar refractivity (Wildman–Crippen MR) is 87.2 cm³/mol. The third-order valence-electron chi connectivity index (χ3n) is 3.46. The molecule has 1 heterocycles. The van der Waals surface area contributed by atoms with E-state index in [1.807, 2.05) is 0 Å². The molecule has 1 aliphatic rings. The van der Waals surface area contributed by atoms with Crippen molar-refractivity contribution in [3.63, 3.8) is 0 Å². The van der Waals surface area contributed by atoms with Gasteiger partial charge in [-0.05, 0) is 42.8 Å². The Balaban J connectivity index is 1.41. The van der Waals surface area contributed by atoms with E-state index >= 15 is 0 Å². The molecule has 6 heteroatoms. The smallest absolute Gasteiger partial charge is 0.224 e. The van der Waals surface area contributed by atoms with Crippen LogP contribution in [0.4, 0.5) is 10.1 Å². The molecule has 0 aliphatic carbocycles. The van der Waals surface area contributed by atoms with E-state index in [9.17, 15) is 9.18 Å². The summed E-state index contributed by atoms with van der Waals surface area (Å²) in [4.78, 5) is 11.9. The number of ether oxygens (including phenoxy) is 3. The Morgan fingerprint density at radius 3 is 2.62 bits per heavy atom. The first-order chi connectivity index (χ1) is 11.7. The van der Waals surface area contributed by atoms with Crippen molar-refractivity contribution in [2.45, 2.75) is 12.8 Å². The Morgan fingerprint density at radius 1 is 1.08 bits per heavy atom. The predicted octanol–water partition coefficient (Wildman–Crippen LogP) is 3.39. The molecule has 5 nitrogen and oxygen atoms in total. The third kappa shape index (κ3) is 4.38. The summed E-state index contributed by atoms with van der Waals surface area (Å²) < 4.78 is 29.1. The molecule has 0 radical (unpaired) electrons. The lowest BCUT2D eigenvalue weighted by atomic mass is 10.2. The van der Waals surface area contributed by atoms with Crippen LogP contribution in [0.1, 0.15) is 12.8 Å². The number of carbonyl (C=O) groups excluding carboxylic acids is 1. The fourth-order valence-corrected chi connectivity index (χ4v) is 2.30. The molecule has 126 valence electrons. The minimum absolute atomic E-state index is 0.102. The fourth-order valence-electron chi connectivity index (χ4n) is 2.30. The van der Waals surface area contributed by atoms with Crippen LogP contribution in [0.25, 0.3) is 0 Å². The maximum Gasteiger partial charge on any atom is 0.224 e. The monoisotopic (exact) mass is 331 g/mol. The van der Waals surface area contributed by atoms with Crippen LogP contribution >= 0.6 is 0 Å². The molecular formula is C18H18FNO4. The molecule has 24 heavy (non-hydrogen) atoms.